The van der Waals surface area contributed by atoms with Crippen LogP contribution in [-0.2, 0) is 4.79 Å². The van der Waals surface area contributed by atoms with Gasteiger partial charge in [0.2, 0.25) is 5.91 Å². The van der Waals surface area contributed by atoms with E-state index in [9.17, 15) is 4.79 Å². The van der Waals surface area contributed by atoms with Gasteiger partial charge in [0.25, 0.3) is 0 Å². The summed E-state index contributed by atoms with van der Waals surface area (Å²) in [6.45, 7) is 9.21. The Morgan fingerprint density at radius 3 is 2.14 bits per heavy atom. The summed E-state index contributed by atoms with van der Waals surface area (Å²) in [7, 11) is 0. The molecular formula is C24H34N4O. The lowest BCUT2D eigenvalue weighted by atomic mass is 10.1. The van der Waals surface area contributed by atoms with Crippen molar-refractivity contribution in [3.8, 4) is 0 Å². The van der Waals surface area contributed by atoms with E-state index in [0.29, 0.717) is 13.0 Å². The van der Waals surface area contributed by atoms with Crippen LogP contribution in [0.2, 0.25) is 0 Å². The number of anilines is 4. The molecule has 1 saturated heterocycles. The molecule has 0 radical (unpaired) electrons. The van der Waals surface area contributed by atoms with Crippen molar-refractivity contribution in [3.05, 3.63) is 48.5 Å². The quantitative estimate of drug-likeness (QED) is 0.631. The number of benzene rings is 2. The van der Waals surface area contributed by atoms with Gasteiger partial charge in [-0.25, -0.2) is 0 Å². The highest BCUT2D eigenvalue weighted by Gasteiger charge is 2.11. The Labute approximate surface area is 175 Å². The van der Waals surface area contributed by atoms with Gasteiger partial charge in [-0.3, -0.25) is 4.79 Å². The second-order valence-electron chi connectivity index (χ2n) is 7.54. The molecule has 0 aromatic heterocycles. The summed E-state index contributed by atoms with van der Waals surface area (Å²) in [4.78, 5) is 17.0. The minimum absolute atomic E-state index is 0.0305. The summed E-state index contributed by atoms with van der Waals surface area (Å²) < 4.78 is 0. The number of carbonyl (C=O) groups is 1. The van der Waals surface area contributed by atoms with E-state index in [1.165, 1.54) is 30.6 Å². The summed E-state index contributed by atoms with van der Waals surface area (Å²) in [6, 6.07) is 16.6. The third kappa shape index (κ3) is 6.14. The van der Waals surface area contributed by atoms with E-state index in [0.717, 1.165) is 37.6 Å². The Bertz CT molecular complexity index is 747. The molecule has 5 nitrogen and oxygen atoms in total. The van der Waals surface area contributed by atoms with Gasteiger partial charge in [0.1, 0.15) is 0 Å². The highest BCUT2D eigenvalue weighted by atomic mass is 16.1. The fraction of sp³-hybridized carbons (Fsp3) is 0.458. The maximum atomic E-state index is 12.2. The van der Waals surface area contributed by atoms with Gasteiger partial charge >= 0.3 is 0 Å². The molecule has 2 aromatic rings. The van der Waals surface area contributed by atoms with Crippen molar-refractivity contribution in [2.45, 2.75) is 39.5 Å². The van der Waals surface area contributed by atoms with Crippen molar-refractivity contribution in [1.82, 2.24) is 0 Å². The number of hydrogen-bond donors (Lipinski definition) is 2. The average Bonchev–Trinajstić information content (AvgIpc) is 2.77. The lowest BCUT2D eigenvalue weighted by molar-refractivity contribution is -0.115. The molecule has 1 heterocycles. The van der Waals surface area contributed by atoms with Crippen LogP contribution in [0.25, 0.3) is 0 Å². The van der Waals surface area contributed by atoms with Crippen LogP contribution in [-0.4, -0.2) is 38.6 Å². The summed E-state index contributed by atoms with van der Waals surface area (Å²) >= 11 is 0. The van der Waals surface area contributed by atoms with Crippen LogP contribution in [0.4, 0.5) is 22.7 Å². The molecule has 2 N–H and O–H groups in total. The number of rotatable bonds is 9. The normalized spacial score (nSPS) is 13.8. The SMILES string of the molecule is CCN(CC)c1ccc(NCCC(=O)Nc2ccc(N3CCCCC3)cc2)cc1. The van der Waals surface area contributed by atoms with Crippen molar-refractivity contribution in [3.63, 3.8) is 0 Å². The third-order valence-corrected chi connectivity index (χ3v) is 5.55. The van der Waals surface area contributed by atoms with Crippen molar-refractivity contribution in [2.24, 2.45) is 0 Å². The van der Waals surface area contributed by atoms with Crippen LogP contribution in [0.5, 0.6) is 0 Å². The fourth-order valence-electron chi connectivity index (χ4n) is 3.83. The monoisotopic (exact) mass is 394 g/mol. The van der Waals surface area contributed by atoms with Crippen molar-refractivity contribution in [1.29, 1.82) is 0 Å². The van der Waals surface area contributed by atoms with Crippen LogP contribution in [0.3, 0.4) is 0 Å². The standard InChI is InChI=1S/C24H34N4O/c1-3-27(4-2)22-12-8-20(9-13-22)25-17-16-24(29)26-21-10-14-23(15-11-21)28-18-6-5-7-19-28/h8-15,25H,3-7,16-19H2,1-2H3,(H,26,29). The van der Waals surface area contributed by atoms with E-state index in [4.69, 9.17) is 0 Å². The smallest absolute Gasteiger partial charge is 0.226 e. The molecule has 1 aliphatic heterocycles. The van der Waals surface area contributed by atoms with E-state index in [1.54, 1.807) is 0 Å². The van der Waals surface area contributed by atoms with E-state index in [-0.39, 0.29) is 5.91 Å². The van der Waals surface area contributed by atoms with E-state index < -0.39 is 0 Å². The van der Waals surface area contributed by atoms with E-state index in [2.05, 4.69) is 70.7 Å². The van der Waals surface area contributed by atoms with Gasteiger partial charge in [-0.1, -0.05) is 0 Å². The van der Waals surface area contributed by atoms with Gasteiger partial charge in [-0.2, -0.15) is 0 Å². The Kier molecular flexibility index (Phi) is 7.79. The first-order chi connectivity index (χ1) is 14.2. The number of piperidine rings is 1. The first-order valence-electron chi connectivity index (χ1n) is 10.9. The largest absolute Gasteiger partial charge is 0.385 e. The van der Waals surface area contributed by atoms with Gasteiger partial charge in [0.05, 0.1) is 0 Å². The zero-order valence-corrected chi connectivity index (χ0v) is 17.8. The molecule has 29 heavy (non-hydrogen) atoms. The number of carbonyl (C=O) groups excluding carboxylic acids is 1. The van der Waals surface area contributed by atoms with Crippen LogP contribution in [0, 0.1) is 0 Å². The molecule has 1 aliphatic rings. The van der Waals surface area contributed by atoms with Crippen LogP contribution in [0.1, 0.15) is 39.5 Å². The summed E-state index contributed by atoms with van der Waals surface area (Å²) in [5, 5.41) is 6.32. The Morgan fingerprint density at radius 1 is 0.897 bits per heavy atom. The third-order valence-electron chi connectivity index (χ3n) is 5.55. The maximum Gasteiger partial charge on any atom is 0.226 e. The molecule has 0 aliphatic carbocycles. The predicted octanol–water partition coefficient (Wildman–Crippen LogP) is 4.96. The Hall–Kier alpha value is -2.69. The number of nitrogens with one attached hydrogen (secondary N) is 2. The van der Waals surface area contributed by atoms with Gasteiger partial charge < -0.3 is 20.4 Å². The molecule has 0 bridgehead atoms. The lowest BCUT2D eigenvalue weighted by Crippen LogP contribution is -2.29. The van der Waals surface area contributed by atoms with Crippen molar-refractivity contribution < 1.29 is 4.79 Å². The molecule has 1 amide bonds. The highest BCUT2D eigenvalue weighted by Crippen LogP contribution is 2.22. The molecule has 5 heteroatoms. The van der Waals surface area contributed by atoms with Crippen LogP contribution in [0.15, 0.2) is 48.5 Å². The average molecular weight is 395 g/mol. The second kappa shape index (κ2) is 10.7. The van der Waals surface area contributed by atoms with Crippen molar-refractivity contribution in [2.75, 3.05) is 53.2 Å². The highest BCUT2D eigenvalue weighted by molar-refractivity contribution is 5.91. The molecule has 0 saturated carbocycles. The zero-order chi connectivity index (χ0) is 20.5. The minimum Gasteiger partial charge on any atom is -0.385 e. The summed E-state index contributed by atoms with van der Waals surface area (Å²) in [6.07, 6.45) is 4.30. The first-order valence-corrected chi connectivity index (χ1v) is 10.9. The minimum atomic E-state index is 0.0305. The molecule has 1 fully saturated rings. The Morgan fingerprint density at radius 2 is 1.52 bits per heavy atom. The van der Waals surface area contributed by atoms with Crippen molar-refractivity contribution >= 4 is 28.7 Å². The number of nitrogens with zero attached hydrogens (tertiary/aromatic N) is 2. The van der Waals surface area contributed by atoms with Crippen LogP contribution >= 0.6 is 0 Å². The fourth-order valence-corrected chi connectivity index (χ4v) is 3.83. The second-order valence-corrected chi connectivity index (χ2v) is 7.54. The van der Waals surface area contributed by atoms with Gasteiger partial charge in [-0.05, 0) is 81.6 Å². The molecule has 0 spiro atoms. The van der Waals surface area contributed by atoms with Gasteiger partial charge in [0.15, 0.2) is 0 Å². The summed E-state index contributed by atoms with van der Waals surface area (Å²) in [5.74, 6) is 0.0305. The topological polar surface area (TPSA) is 47.6 Å². The Balaban J connectivity index is 1.41. The molecule has 156 valence electrons. The molecular weight excluding hydrogens is 360 g/mol. The molecule has 0 atom stereocenters. The number of hydrogen-bond acceptors (Lipinski definition) is 4. The first kappa shape index (κ1) is 21.0. The number of amides is 1. The molecule has 0 unspecified atom stereocenters. The predicted molar refractivity (Wildman–Crippen MR) is 124 cm³/mol. The van der Waals surface area contributed by atoms with E-state index >= 15 is 0 Å². The van der Waals surface area contributed by atoms with Gasteiger partial charge in [-0.15, -0.1) is 0 Å². The summed E-state index contributed by atoms with van der Waals surface area (Å²) in [5.41, 5.74) is 4.38. The van der Waals surface area contributed by atoms with E-state index in [1.807, 2.05) is 12.1 Å². The van der Waals surface area contributed by atoms with Gasteiger partial charge in [0, 0.05) is 61.9 Å². The van der Waals surface area contributed by atoms with Crippen LogP contribution < -0.4 is 20.4 Å². The molecule has 2 aromatic carbocycles. The zero-order valence-electron chi connectivity index (χ0n) is 17.8. The molecule has 3 rings (SSSR count). The maximum absolute atomic E-state index is 12.2. The lowest BCUT2D eigenvalue weighted by Gasteiger charge is -2.28.